The molecule has 24 heavy (non-hydrogen) atoms. The molecule has 0 atom stereocenters. The van der Waals surface area contributed by atoms with Crippen LogP contribution in [0.4, 0.5) is 23.1 Å². The van der Waals surface area contributed by atoms with E-state index in [1.165, 1.54) is 0 Å². The molecule has 0 amide bonds. The molecule has 0 spiro atoms. The summed E-state index contributed by atoms with van der Waals surface area (Å²) in [7, 11) is 1.64. The van der Waals surface area contributed by atoms with Crippen LogP contribution in [0, 0.1) is 6.92 Å². The molecule has 0 fully saturated rings. The minimum absolute atomic E-state index is 0.473. The number of nitrogens with zero attached hydrogens (tertiary/aromatic N) is 2. The van der Waals surface area contributed by atoms with E-state index in [1.807, 2.05) is 61.5 Å². The molecule has 2 aromatic carbocycles. The van der Waals surface area contributed by atoms with Gasteiger partial charge in [0.25, 0.3) is 0 Å². The zero-order chi connectivity index (χ0) is 16.9. The second-order valence-corrected chi connectivity index (χ2v) is 5.56. The van der Waals surface area contributed by atoms with Gasteiger partial charge >= 0.3 is 0 Å². The third kappa shape index (κ3) is 3.75. The predicted octanol–water partition coefficient (Wildman–Crippen LogP) is 4.93. The Labute approximate surface area is 145 Å². The maximum absolute atomic E-state index is 6.17. The molecule has 0 saturated carbocycles. The Bertz CT molecular complexity index is 854. The van der Waals surface area contributed by atoms with Gasteiger partial charge in [0.05, 0.1) is 23.5 Å². The second-order valence-electron chi connectivity index (χ2n) is 5.15. The van der Waals surface area contributed by atoms with E-state index >= 15 is 0 Å². The SMILES string of the molecule is COc1ccccc1Nc1cc(C)nc(Nc2ccccc2Cl)n1. The number of hydrogen-bond acceptors (Lipinski definition) is 5. The van der Waals surface area contributed by atoms with Gasteiger partial charge in [0.2, 0.25) is 5.95 Å². The number of rotatable bonds is 5. The van der Waals surface area contributed by atoms with E-state index in [2.05, 4.69) is 20.6 Å². The van der Waals surface area contributed by atoms with Crippen molar-refractivity contribution in [3.63, 3.8) is 0 Å². The first-order chi connectivity index (χ1) is 11.7. The minimum atomic E-state index is 0.473. The van der Waals surface area contributed by atoms with Gasteiger partial charge in [-0.05, 0) is 31.2 Å². The Morgan fingerprint density at radius 2 is 1.62 bits per heavy atom. The third-order valence-corrected chi connectivity index (χ3v) is 3.67. The Kier molecular flexibility index (Phi) is 4.82. The Hall–Kier alpha value is -2.79. The third-order valence-electron chi connectivity index (χ3n) is 3.34. The normalized spacial score (nSPS) is 10.3. The molecular weight excluding hydrogens is 324 g/mol. The summed E-state index contributed by atoms with van der Waals surface area (Å²) in [5.74, 6) is 1.89. The summed E-state index contributed by atoms with van der Waals surface area (Å²) in [4.78, 5) is 8.90. The van der Waals surface area contributed by atoms with E-state index in [4.69, 9.17) is 16.3 Å². The lowest BCUT2D eigenvalue weighted by Crippen LogP contribution is -2.03. The quantitative estimate of drug-likeness (QED) is 0.689. The summed E-state index contributed by atoms with van der Waals surface area (Å²) in [6, 6.07) is 17.0. The van der Waals surface area contributed by atoms with Crippen molar-refractivity contribution < 1.29 is 4.74 Å². The highest BCUT2D eigenvalue weighted by Crippen LogP contribution is 2.28. The van der Waals surface area contributed by atoms with Crippen molar-refractivity contribution in [3.05, 3.63) is 65.3 Å². The highest BCUT2D eigenvalue weighted by Gasteiger charge is 2.07. The van der Waals surface area contributed by atoms with Crippen LogP contribution in [0.25, 0.3) is 0 Å². The average molecular weight is 341 g/mol. The van der Waals surface area contributed by atoms with Crippen LogP contribution in [-0.4, -0.2) is 17.1 Å². The summed E-state index contributed by atoms with van der Waals surface area (Å²) < 4.78 is 5.35. The van der Waals surface area contributed by atoms with Crippen LogP contribution < -0.4 is 15.4 Å². The number of ether oxygens (including phenoxy) is 1. The van der Waals surface area contributed by atoms with Crippen LogP contribution in [0.15, 0.2) is 54.6 Å². The van der Waals surface area contributed by atoms with Gasteiger partial charge in [0, 0.05) is 11.8 Å². The van der Waals surface area contributed by atoms with Crippen molar-refractivity contribution in [3.8, 4) is 5.75 Å². The van der Waals surface area contributed by atoms with Crippen LogP contribution in [0.2, 0.25) is 5.02 Å². The van der Waals surface area contributed by atoms with Crippen molar-refractivity contribution in [2.24, 2.45) is 0 Å². The molecule has 0 aliphatic heterocycles. The molecule has 1 aromatic heterocycles. The molecule has 0 saturated heterocycles. The Morgan fingerprint density at radius 1 is 0.917 bits per heavy atom. The summed E-state index contributed by atoms with van der Waals surface area (Å²) >= 11 is 6.17. The molecule has 2 N–H and O–H groups in total. The minimum Gasteiger partial charge on any atom is -0.495 e. The summed E-state index contributed by atoms with van der Waals surface area (Å²) in [5, 5.41) is 7.01. The largest absolute Gasteiger partial charge is 0.495 e. The van der Waals surface area contributed by atoms with E-state index < -0.39 is 0 Å². The second kappa shape index (κ2) is 7.19. The highest BCUT2D eigenvalue weighted by molar-refractivity contribution is 6.33. The zero-order valence-corrected chi connectivity index (χ0v) is 14.1. The number of aromatic nitrogens is 2. The van der Waals surface area contributed by atoms with Gasteiger partial charge in [-0.25, -0.2) is 4.98 Å². The number of halogens is 1. The molecule has 0 aliphatic rings. The van der Waals surface area contributed by atoms with Gasteiger partial charge in [-0.3, -0.25) is 0 Å². The molecular formula is C18H17ClN4O. The molecule has 0 bridgehead atoms. The number of aryl methyl sites for hydroxylation is 1. The summed E-state index contributed by atoms with van der Waals surface area (Å²) in [6.45, 7) is 1.91. The average Bonchev–Trinajstić information content (AvgIpc) is 2.57. The Morgan fingerprint density at radius 3 is 2.38 bits per heavy atom. The molecule has 0 aliphatic carbocycles. The van der Waals surface area contributed by atoms with Crippen LogP contribution in [0.5, 0.6) is 5.75 Å². The van der Waals surface area contributed by atoms with Gasteiger partial charge < -0.3 is 15.4 Å². The lowest BCUT2D eigenvalue weighted by molar-refractivity contribution is 0.417. The van der Waals surface area contributed by atoms with Crippen molar-refractivity contribution >= 4 is 34.7 Å². The molecule has 6 heteroatoms. The summed E-state index contributed by atoms with van der Waals surface area (Å²) in [6.07, 6.45) is 0. The smallest absolute Gasteiger partial charge is 0.229 e. The fourth-order valence-electron chi connectivity index (χ4n) is 2.26. The lowest BCUT2D eigenvalue weighted by Gasteiger charge is -2.12. The maximum atomic E-state index is 6.17. The monoisotopic (exact) mass is 340 g/mol. The van der Waals surface area contributed by atoms with Gasteiger partial charge in [0.15, 0.2) is 0 Å². The van der Waals surface area contributed by atoms with Crippen LogP contribution in [-0.2, 0) is 0 Å². The number of nitrogens with one attached hydrogen (secondary N) is 2. The number of para-hydroxylation sites is 3. The fourth-order valence-corrected chi connectivity index (χ4v) is 2.44. The molecule has 3 rings (SSSR count). The number of benzene rings is 2. The Balaban J connectivity index is 1.88. The van der Waals surface area contributed by atoms with E-state index in [0.29, 0.717) is 16.8 Å². The zero-order valence-electron chi connectivity index (χ0n) is 13.4. The molecule has 122 valence electrons. The first-order valence-corrected chi connectivity index (χ1v) is 7.81. The molecule has 1 heterocycles. The van der Waals surface area contributed by atoms with Crippen molar-refractivity contribution in [1.82, 2.24) is 9.97 Å². The summed E-state index contributed by atoms with van der Waals surface area (Å²) in [5.41, 5.74) is 2.42. The molecule has 5 nitrogen and oxygen atoms in total. The predicted molar refractivity (Wildman–Crippen MR) is 97.8 cm³/mol. The standard InChI is InChI=1S/C18H17ClN4O/c1-12-11-17(21-15-9-5-6-10-16(15)24-2)23-18(20-12)22-14-8-4-3-7-13(14)19/h3-11H,1-2H3,(H2,20,21,22,23). The lowest BCUT2D eigenvalue weighted by atomic mass is 10.3. The van der Waals surface area contributed by atoms with E-state index in [1.54, 1.807) is 7.11 Å². The van der Waals surface area contributed by atoms with Gasteiger partial charge in [0.1, 0.15) is 11.6 Å². The van der Waals surface area contributed by atoms with Crippen molar-refractivity contribution in [1.29, 1.82) is 0 Å². The van der Waals surface area contributed by atoms with Gasteiger partial charge in [-0.1, -0.05) is 35.9 Å². The number of hydrogen-bond donors (Lipinski definition) is 2. The first-order valence-electron chi connectivity index (χ1n) is 7.43. The molecule has 3 aromatic rings. The van der Waals surface area contributed by atoms with Crippen molar-refractivity contribution in [2.45, 2.75) is 6.92 Å². The van der Waals surface area contributed by atoms with Crippen LogP contribution in [0.1, 0.15) is 5.69 Å². The number of methoxy groups -OCH3 is 1. The molecule has 0 unspecified atom stereocenters. The number of anilines is 4. The topological polar surface area (TPSA) is 59.1 Å². The molecule has 0 radical (unpaired) electrons. The van der Waals surface area contributed by atoms with Crippen LogP contribution in [0.3, 0.4) is 0 Å². The van der Waals surface area contributed by atoms with Crippen LogP contribution >= 0.6 is 11.6 Å². The van der Waals surface area contributed by atoms with Gasteiger partial charge in [-0.15, -0.1) is 0 Å². The van der Waals surface area contributed by atoms with Gasteiger partial charge in [-0.2, -0.15) is 4.98 Å². The fraction of sp³-hybridized carbons (Fsp3) is 0.111. The van der Waals surface area contributed by atoms with E-state index in [0.717, 1.165) is 22.8 Å². The highest BCUT2D eigenvalue weighted by atomic mass is 35.5. The van der Waals surface area contributed by atoms with E-state index in [9.17, 15) is 0 Å². The van der Waals surface area contributed by atoms with Crippen molar-refractivity contribution in [2.75, 3.05) is 17.7 Å². The van der Waals surface area contributed by atoms with E-state index in [-0.39, 0.29) is 0 Å². The maximum Gasteiger partial charge on any atom is 0.229 e. The first kappa shape index (κ1) is 16.1.